The van der Waals surface area contributed by atoms with Crippen LogP contribution in [0.15, 0.2) is 0 Å². The van der Waals surface area contributed by atoms with Gasteiger partial charge in [0.1, 0.15) is 0 Å². The van der Waals surface area contributed by atoms with Gasteiger partial charge in [0.2, 0.25) is 0 Å². The average molecular weight is 212 g/mol. The van der Waals surface area contributed by atoms with Crippen LogP contribution in [0.25, 0.3) is 0 Å². The summed E-state index contributed by atoms with van der Waals surface area (Å²) in [6.45, 7) is 3.07. The molecule has 2 N–H and O–H groups in total. The molecule has 3 nitrogen and oxygen atoms in total. The molecular weight excluding hydrogens is 188 g/mol. The molecule has 3 unspecified atom stereocenters. The van der Waals surface area contributed by atoms with Crippen molar-refractivity contribution in [3.63, 3.8) is 0 Å². The van der Waals surface area contributed by atoms with Crippen LogP contribution in [0.2, 0.25) is 0 Å². The highest BCUT2D eigenvalue weighted by atomic mass is 16.5. The molecule has 0 amide bonds. The van der Waals surface area contributed by atoms with Crippen LogP contribution in [-0.2, 0) is 4.74 Å². The molecule has 1 saturated carbocycles. The van der Waals surface area contributed by atoms with Crippen LogP contribution in [0, 0.1) is 5.92 Å². The zero-order valence-electron chi connectivity index (χ0n) is 9.80. The van der Waals surface area contributed by atoms with Crippen molar-refractivity contribution in [2.75, 3.05) is 26.8 Å². The lowest BCUT2D eigenvalue weighted by Gasteiger charge is -2.26. The van der Waals surface area contributed by atoms with Gasteiger partial charge in [0.25, 0.3) is 0 Å². The summed E-state index contributed by atoms with van der Waals surface area (Å²) < 4.78 is 5.08. The third-order valence-electron chi connectivity index (χ3n) is 3.90. The Morgan fingerprint density at radius 3 is 2.93 bits per heavy atom. The molecule has 1 heterocycles. The number of rotatable bonds is 5. The molecule has 0 aromatic carbocycles. The van der Waals surface area contributed by atoms with Crippen LogP contribution < -0.4 is 10.6 Å². The van der Waals surface area contributed by atoms with Crippen LogP contribution in [-0.4, -0.2) is 38.9 Å². The summed E-state index contributed by atoms with van der Waals surface area (Å²) in [4.78, 5) is 0. The van der Waals surface area contributed by atoms with Crippen molar-refractivity contribution in [3.05, 3.63) is 0 Å². The fourth-order valence-electron chi connectivity index (χ4n) is 3.15. The first-order valence-corrected chi connectivity index (χ1v) is 6.37. The number of methoxy groups -OCH3 is 1. The van der Waals surface area contributed by atoms with Crippen molar-refractivity contribution < 1.29 is 4.74 Å². The molecule has 3 heteroatoms. The second-order valence-corrected chi connectivity index (χ2v) is 4.85. The summed E-state index contributed by atoms with van der Waals surface area (Å²) in [6, 6.07) is 1.52. The van der Waals surface area contributed by atoms with Crippen molar-refractivity contribution in [2.45, 2.75) is 44.2 Å². The Bertz CT molecular complexity index is 180. The van der Waals surface area contributed by atoms with E-state index < -0.39 is 0 Å². The fraction of sp³-hybridized carbons (Fsp3) is 1.00. The van der Waals surface area contributed by atoms with Gasteiger partial charge in [-0.1, -0.05) is 6.42 Å². The summed E-state index contributed by atoms with van der Waals surface area (Å²) in [5.41, 5.74) is 0. The van der Waals surface area contributed by atoms with Gasteiger partial charge in [0.05, 0.1) is 6.61 Å². The van der Waals surface area contributed by atoms with E-state index in [4.69, 9.17) is 4.74 Å². The highest BCUT2D eigenvalue weighted by Gasteiger charge is 2.34. The highest BCUT2D eigenvalue weighted by Crippen LogP contribution is 2.31. The molecule has 2 fully saturated rings. The average Bonchev–Trinajstić information content (AvgIpc) is 2.87. The third-order valence-corrected chi connectivity index (χ3v) is 3.90. The van der Waals surface area contributed by atoms with Crippen molar-refractivity contribution in [1.29, 1.82) is 0 Å². The summed E-state index contributed by atoms with van der Waals surface area (Å²) in [5.74, 6) is 0.865. The quantitative estimate of drug-likeness (QED) is 0.671. The van der Waals surface area contributed by atoms with Gasteiger partial charge in [-0.05, 0) is 38.1 Å². The number of hydrogen-bond donors (Lipinski definition) is 2. The van der Waals surface area contributed by atoms with Crippen LogP contribution >= 0.6 is 0 Å². The zero-order chi connectivity index (χ0) is 10.5. The summed E-state index contributed by atoms with van der Waals surface area (Å²) >= 11 is 0. The molecule has 3 atom stereocenters. The van der Waals surface area contributed by atoms with E-state index in [1.807, 2.05) is 0 Å². The Labute approximate surface area is 93.0 Å². The SMILES string of the molecule is COCCNC1CCCC1C1CCCN1. The van der Waals surface area contributed by atoms with Crippen molar-refractivity contribution in [1.82, 2.24) is 10.6 Å². The molecule has 0 bridgehead atoms. The van der Waals surface area contributed by atoms with Crippen molar-refractivity contribution in [2.24, 2.45) is 5.92 Å². The second kappa shape index (κ2) is 5.83. The molecule has 0 spiro atoms. The van der Waals surface area contributed by atoms with E-state index >= 15 is 0 Å². The summed E-state index contributed by atoms with van der Waals surface area (Å²) in [6.07, 6.45) is 6.90. The van der Waals surface area contributed by atoms with Gasteiger partial charge in [0, 0.05) is 25.7 Å². The summed E-state index contributed by atoms with van der Waals surface area (Å²) in [5, 5.41) is 7.29. The minimum atomic E-state index is 0.732. The van der Waals surface area contributed by atoms with E-state index in [1.54, 1.807) is 7.11 Å². The molecular formula is C12H24N2O. The minimum Gasteiger partial charge on any atom is -0.383 e. The first-order valence-electron chi connectivity index (χ1n) is 6.37. The van der Waals surface area contributed by atoms with Crippen LogP contribution in [0.1, 0.15) is 32.1 Å². The smallest absolute Gasteiger partial charge is 0.0587 e. The second-order valence-electron chi connectivity index (χ2n) is 4.85. The molecule has 1 aliphatic carbocycles. The molecule has 1 saturated heterocycles. The maximum atomic E-state index is 5.08. The lowest BCUT2D eigenvalue weighted by atomic mass is 9.93. The van der Waals surface area contributed by atoms with Gasteiger partial charge in [-0.25, -0.2) is 0 Å². The van der Waals surface area contributed by atoms with E-state index in [1.165, 1.54) is 38.6 Å². The van der Waals surface area contributed by atoms with Gasteiger partial charge in [-0.3, -0.25) is 0 Å². The van der Waals surface area contributed by atoms with E-state index in [2.05, 4.69) is 10.6 Å². The Morgan fingerprint density at radius 1 is 1.27 bits per heavy atom. The number of nitrogens with one attached hydrogen (secondary N) is 2. The molecule has 2 aliphatic rings. The normalized spacial score (nSPS) is 36.2. The fourth-order valence-corrected chi connectivity index (χ4v) is 3.15. The van der Waals surface area contributed by atoms with Gasteiger partial charge < -0.3 is 15.4 Å². The molecule has 15 heavy (non-hydrogen) atoms. The number of ether oxygens (including phenoxy) is 1. The zero-order valence-corrected chi connectivity index (χ0v) is 9.80. The van der Waals surface area contributed by atoms with Gasteiger partial charge >= 0.3 is 0 Å². The first kappa shape index (κ1) is 11.4. The van der Waals surface area contributed by atoms with Gasteiger partial charge in [0.15, 0.2) is 0 Å². The lowest BCUT2D eigenvalue weighted by molar-refractivity contribution is 0.190. The van der Waals surface area contributed by atoms with Crippen LogP contribution in [0.5, 0.6) is 0 Å². The standard InChI is InChI=1S/C12H24N2O/c1-15-9-8-14-11-5-2-4-10(11)12-6-3-7-13-12/h10-14H,2-9H2,1H3. The van der Waals surface area contributed by atoms with Gasteiger partial charge in [-0.2, -0.15) is 0 Å². The molecule has 0 radical (unpaired) electrons. The minimum absolute atomic E-state index is 0.732. The Balaban J connectivity index is 1.76. The van der Waals surface area contributed by atoms with Crippen LogP contribution in [0.3, 0.4) is 0 Å². The predicted molar refractivity (Wildman–Crippen MR) is 62.0 cm³/mol. The highest BCUT2D eigenvalue weighted by molar-refractivity contribution is 4.93. The molecule has 1 aliphatic heterocycles. The molecule has 0 aromatic heterocycles. The monoisotopic (exact) mass is 212 g/mol. The largest absolute Gasteiger partial charge is 0.383 e. The predicted octanol–water partition coefficient (Wildman–Crippen LogP) is 1.14. The van der Waals surface area contributed by atoms with Crippen molar-refractivity contribution >= 4 is 0 Å². The van der Waals surface area contributed by atoms with Crippen molar-refractivity contribution in [3.8, 4) is 0 Å². The lowest BCUT2D eigenvalue weighted by Crippen LogP contribution is -2.43. The van der Waals surface area contributed by atoms with E-state index in [0.29, 0.717) is 0 Å². The van der Waals surface area contributed by atoms with E-state index in [-0.39, 0.29) is 0 Å². The van der Waals surface area contributed by atoms with Gasteiger partial charge in [-0.15, -0.1) is 0 Å². The number of hydrogen-bond acceptors (Lipinski definition) is 3. The maximum absolute atomic E-state index is 5.08. The topological polar surface area (TPSA) is 33.3 Å². The summed E-state index contributed by atoms with van der Waals surface area (Å²) in [7, 11) is 1.77. The maximum Gasteiger partial charge on any atom is 0.0587 e. The molecule has 0 aromatic rings. The molecule has 2 rings (SSSR count). The molecule has 88 valence electrons. The third kappa shape index (κ3) is 2.92. The van der Waals surface area contributed by atoms with E-state index in [9.17, 15) is 0 Å². The van der Waals surface area contributed by atoms with Crippen LogP contribution in [0.4, 0.5) is 0 Å². The first-order chi connectivity index (χ1) is 7.42. The Kier molecular flexibility index (Phi) is 4.42. The van der Waals surface area contributed by atoms with E-state index in [0.717, 1.165) is 31.2 Å². The Morgan fingerprint density at radius 2 is 2.20 bits per heavy atom. The Hall–Kier alpha value is -0.120.